The molecule has 0 atom stereocenters. The Hall–Kier alpha value is -2.39. The Morgan fingerprint density at radius 3 is 2.25 bits per heavy atom. The number of hydrogen-bond donors (Lipinski definition) is 1. The van der Waals surface area contributed by atoms with Crippen molar-refractivity contribution < 1.29 is 0 Å². The van der Waals surface area contributed by atoms with Crippen LogP contribution in [0.3, 0.4) is 0 Å². The zero-order valence-electron chi connectivity index (χ0n) is 14.5. The molecule has 0 aliphatic heterocycles. The van der Waals surface area contributed by atoms with Gasteiger partial charge in [0.2, 0.25) is 0 Å². The molecule has 0 saturated heterocycles. The Labute approximate surface area is 142 Å². The molecule has 0 amide bonds. The van der Waals surface area contributed by atoms with Gasteiger partial charge in [0.1, 0.15) is 0 Å². The van der Waals surface area contributed by atoms with Crippen molar-refractivity contribution in [1.82, 2.24) is 4.57 Å². The van der Waals surface area contributed by atoms with Crippen LogP contribution in [-0.2, 0) is 18.5 Å². The summed E-state index contributed by atoms with van der Waals surface area (Å²) in [6.07, 6.45) is 1.87. The van der Waals surface area contributed by atoms with Crippen LogP contribution in [0.15, 0.2) is 59.5 Å². The van der Waals surface area contributed by atoms with Gasteiger partial charge in [-0.1, -0.05) is 57.2 Å². The minimum Gasteiger partial charge on any atom is -0.326 e. The zero-order valence-corrected chi connectivity index (χ0v) is 14.5. The van der Waals surface area contributed by atoms with Crippen molar-refractivity contribution in [3.63, 3.8) is 0 Å². The van der Waals surface area contributed by atoms with Gasteiger partial charge in [0.15, 0.2) is 0 Å². The van der Waals surface area contributed by atoms with E-state index < -0.39 is 0 Å². The maximum Gasteiger partial charge on any atom is 0.258 e. The molecule has 3 aromatic rings. The van der Waals surface area contributed by atoms with Crippen LogP contribution in [0.25, 0.3) is 10.8 Å². The molecular formula is C21H24N2O. The highest BCUT2D eigenvalue weighted by molar-refractivity contribution is 5.82. The molecule has 0 aliphatic carbocycles. The third kappa shape index (κ3) is 3.26. The second-order valence-electron chi connectivity index (χ2n) is 7.32. The van der Waals surface area contributed by atoms with Crippen molar-refractivity contribution in [2.75, 3.05) is 0 Å². The largest absolute Gasteiger partial charge is 0.326 e. The number of nitrogens with zero attached hydrogens (tertiary/aromatic N) is 1. The van der Waals surface area contributed by atoms with Crippen molar-refractivity contribution >= 4 is 10.8 Å². The summed E-state index contributed by atoms with van der Waals surface area (Å²) in [7, 11) is 0. The summed E-state index contributed by atoms with van der Waals surface area (Å²) >= 11 is 0. The molecule has 0 unspecified atom stereocenters. The summed E-state index contributed by atoms with van der Waals surface area (Å²) in [5, 5.41) is 1.77. The van der Waals surface area contributed by atoms with Crippen molar-refractivity contribution in [2.24, 2.45) is 5.73 Å². The third-order valence-corrected chi connectivity index (χ3v) is 4.46. The van der Waals surface area contributed by atoms with Gasteiger partial charge in [-0.3, -0.25) is 4.79 Å². The van der Waals surface area contributed by atoms with E-state index in [-0.39, 0.29) is 11.0 Å². The lowest BCUT2D eigenvalue weighted by molar-refractivity contribution is 0.591. The lowest BCUT2D eigenvalue weighted by Gasteiger charge is -2.19. The summed E-state index contributed by atoms with van der Waals surface area (Å²) < 4.78 is 1.77. The van der Waals surface area contributed by atoms with Gasteiger partial charge in [-0.25, -0.2) is 0 Å². The zero-order chi connectivity index (χ0) is 17.3. The third-order valence-electron chi connectivity index (χ3n) is 4.46. The van der Waals surface area contributed by atoms with E-state index in [0.29, 0.717) is 13.1 Å². The first-order valence-electron chi connectivity index (χ1n) is 8.30. The Balaban J connectivity index is 2.02. The number of pyridine rings is 1. The molecular weight excluding hydrogens is 296 g/mol. The predicted molar refractivity (Wildman–Crippen MR) is 100 cm³/mol. The molecule has 1 heterocycles. The van der Waals surface area contributed by atoms with E-state index in [4.69, 9.17) is 5.73 Å². The van der Waals surface area contributed by atoms with Crippen molar-refractivity contribution in [2.45, 2.75) is 39.3 Å². The normalized spacial score (nSPS) is 11.8. The summed E-state index contributed by atoms with van der Waals surface area (Å²) in [5.74, 6) is 0. The first-order chi connectivity index (χ1) is 11.4. The second-order valence-corrected chi connectivity index (χ2v) is 7.32. The average molecular weight is 320 g/mol. The van der Waals surface area contributed by atoms with Crippen LogP contribution in [0.1, 0.15) is 37.5 Å². The highest BCUT2D eigenvalue weighted by Crippen LogP contribution is 2.24. The topological polar surface area (TPSA) is 48.0 Å². The summed E-state index contributed by atoms with van der Waals surface area (Å²) in [6.45, 7) is 7.59. The van der Waals surface area contributed by atoms with E-state index in [1.165, 1.54) is 5.56 Å². The van der Waals surface area contributed by atoms with Crippen LogP contribution >= 0.6 is 0 Å². The molecule has 2 N–H and O–H groups in total. The smallest absolute Gasteiger partial charge is 0.258 e. The van der Waals surface area contributed by atoms with E-state index in [1.54, 1.807) is 4.57 Å². The van der Waals surface area contributed by atoms with Crippen molar-refractivity contribution in [3.05, 3.63) is 81.8 Å². The molecule has 1 aromatic heterocycles. The molecule has 124 valence electrons. The van der Waals surface area contributed by atoms with Crippen LogP contribution in [0.2, 0.25) is 0 Å². The lowest BCUT2D eigenvalue weighted by Crippen LogP contribution is -2.21. The van der Waals surface area contributed by atoms with E-state index >= 15 is 0 Å². The maximum atomic E-state index is 12.9. The van der Waals surface area contributed by atoms with Crippen LogP contribution < -0.4 is 11.3 Å². The fourth-order valence-corrected chi connectivity index (χ4v) is 2.85. The minimum atomic E-state index is 0.0271. The molecule has 2 aromatic carbocycles. The molecule has 0 aliphatic rings. The molecule has 24 heavy (non-hydrogen) atoms. The summed E-state index contributed by atoms with van der Waals surface area (Å²) in [6, 6.07) is 16.3. The van der Waals surface area contributed by atoms with Gasteiger partial charge in [0.25, 0.3) is 5.56 Å². The first kappa shape index (κ1) is 16.5. The SMILES string of the molecule is CC(C)(C)c1ccc2ccn(Cc3ccc(CN)cc3)c(=O)c2c1. The van der Waals surface area contributed by atoms with Gasteiger partial charge < -0.3 is 10.3 Å². The standard InChI is InChI=1S/C21H24N2O/c1-21(2,3)18-9-8-17-10-11-23(20(24)19(17)12-18)14-16-6-4-15(13-22)5-7-16/h4-12H,13-14,22H2,1-3H3. The maximum absolute atomic E-state index is 12.9. The fourth-order valence-electron chi connectivity index (χ4n) is 2.85. The fraction of sp³-hybridized carbons (Fsp3) is 0.286. The van der Waals surface area contributed by atoms with Gasteiger partial charge in [0.05, 0.1) is 6.54 Å². The van der Waals surface area contributed by atoms with E-state index in [9.17, 15) is 4.79 Å². The van der Waals surface area contributed by atoms with Crippen molar-refractivity contribution in [3.8, 4) is 0 Å². The van der Waals surface area contributed by atoms with Gasteiger partial charge in [-0.2, -0.15) is 0 Å². The molecule has 0 saturated carbocycles. The highest BCUT2D eigenvalue weighted by Gasteiger charge is 2.15. The van der Waals surface area contributed by atoms with E-state index in [0.717, 1.165) is 21.9 Å². The van der Waals surface area contributed by atoms with Crippen LogP contribution in [-0.4, -0.2) is 4.57 Å². The summed E-state index contributed by atoms with van der Waals surface area (Å²) in [4.78, 5) is 12.9. The number of benzene rings is 2. The minimum absolute atomic E-state index is 0.0271. The molecule has 0 fully saturated rings. The average Bonchev–Trinajstić information content (AvgIpc) is 2.57. The van der Waals surface area contributed by atoms with Gasteiger partial charge >= 0.3 is 0 Å². The van der Waals surface area contributed by atoms with Crippen LogP contribution in [0.4, 0.5) is 0 Å². The number of hydrogen-bond acceptors (Lipinski definition) is 2. The van der Waals surface area contributed by atoms with Crippen molar-refractivity contribution in [1.29, 1.82) is 0 Å². The Morgan fingerprint density at radius 2 is 1.62 bits per heavy atom. The Morgan fingerprint density at radius 1 is 0.958 bits per heavy atom. The molecule has 3 heteroatoms. The monoisotopic (exact) mass is 320 g/mol. The first-order valence-corrected chi connectivity index (χ1v) is 8.30. The van der Waals surface area contributed by atoms with Gasteiger partial charge in [-0.15, -0.1) is 0 Å². The molecule has 3 rings (SSSR count). The number of rotatable bonds is 3. The highest BCUT2D eigenvalue weighted by atomic mass is 16.1. The van der Waals surface area contributed by atoms with Gasteiger partial charge in [0, 0.05) is 18.1 Å². The number of nitrogens with two attached hydrogens (primary N) is 1. The van der Waals surface area contributed by atoms with Gasteiger partial charge in [-0.05, 0) is 39.6 Å². The molecule has 0 bridgehead atoms. The van der Waals surface area contributed by atoms with Crippen LogP contribution in [0.5, 0.6) is 0 Å². The summed E-state index contributed by atoms with van der Waals surface area (Å²) in [5.41, 5.74) is 9.09. The molecule has 0 radical (unpaired) electrons. The van der Waals surface area contributed by atoms with Crippen LogP contribution in [0, 0.1) is 0 Å². The number of aromatic nitrogens is 1. The second kappa shape index (κ2) is 6.25. The molecule has 3 nitrogen and oxygen atoms in total. The Bertz CT molecular complexity index is 915. The van der Waals surface area contributed by atoms with E-state index in [1.807, 2.05) is 48.7 Å². The van der Waals surface area contributed by atoms with E-state index in [2.05, 4.69) is 26.8 Å². The number of fused-ring (bicyclic) bond motifs is 1. The lowest BCUT2D eigenvalue weighted by atomic mass is 9.86. The molecule has 0 spiro atoms. The Kier molecular flexibility index (Phi) is 4.29. The predicted octanol–water partition coefficient (Wildman–Crippen LogP) is 3.81. The quantitative estimate of drug-likeness (QED) is 0.798.